The van der Waals surface area contributed by atoms with Crippen molar-refractivity contribution >= 4 is 38.2 Å². The van der Waals surface area contributed by atoms with Crippen LogP contribution in [-0.4, -0.2) is 36.2 Å². The third-order valence-electron chi connectivity index (χ3n) is 5.65. The molecule has 4 aromatic heterocycles. The summed E-state index contributed by atoms with van der Waals surface area (Å²) in [7, 11) is 1.65. The molecule has 0 spiro atoms. The number of para-hydroxylation sites is 2. The lowest BCUT2D eigenvalue weighted by Crippen LogP contribution is -1.98. The van der Waals surface area contributed by atoms with Gasteiger partial charge in [-0.2, -0.15) is 0 Å². The highest BCUT2D eigenvalue weighted by molar-refractivity contribution is 7.20. The fraction of sp³-hybridized carbons (Fsp3) is 0.130. The van der Waals surface area contributed by atoms with Crippen molar-refractivity contribution in [1.29, 1.82) is 0 Å². The van der Waals surface area contributed by atoms with Gasteiger partial charge in [0.15, 0.2) is 22.3 Å². The predicted molar refractivity (Wildman–Crippen MR) is 122 cm³/mol. The van der Waals surface area contributed by atoms with Crippen LogP contribution in [0.15, 0.2) is 54.9 Å². The van der Waals surface area contributed by atoms with Crippen LogP contribution in [0.4, 0.5) is 0 Å². The molecule has 6 aromatic rings. The zero-order valence-corrected chi connectivity index (χ0v) is 18.0. The Morgan fingerprint density at radius 3 is 2.58 bits per heavy atom. The molecule has 31 heavy (non-hydrogen) atoms. The van der Waals surface area contributed by atoms with E-state index in [0.717, 1.165) is 54.6 Å². The SMILES string of the molecule is COc1ccccc1-c1nc2c3c(C)c(C)n(-c4nc5ccccc5s4)c3ncn2n1. The van der Waals surface area contributed by atoms with Crippen LogP contribution in [0.2, 0.25) is 0 Å². The first-order chi connectivity index (χ1) is 15.2. The van der Waals surface area contributed by atoms with E-state index in [-0.39, 0.29) is 0 Å². The Bertz CT molecular complexity index is 1580. The summed E-state index contributed by atoms with van der Waals surface area (Å²) in [4.78, 5) is 14.5. The second kappa shape index (κ2) is 6.61. The van der Waals surface area contributed by atoms with Crippen molar-refractivity contribution in [3.63, 3.8) is 0 Å². The highest BCUT2D eigenvalue weighted by Gasteiger charge is 2.21. The number of ether oxygens (including phenoxy) is 1. The number of rotatable bonds is 3. The molecule has 0 radical (unpaired) electrons. The Hall–Kier alpha value is -3.78. The van der Waals surface area contributed by atoms with Gasteiger partial charge in [0.25, 0.3) is 0 Å². The lowest BCUT2D eigenvalue weighted by atomic mass is 10.2. The van der Waals surface area contributed by atoms with Crippen LogP contribution in [0.3, 0.4) is 0 Å². The zero-order chi connectivity index (χ0) is 21.1. The predicted octanol–water partition coefficient (Wildman–Crippen LogP) is 4.97. The van der Waals surface area contributed by atoms with E-state index in [4.69, 9.17) is 19.7 Å². The van der Waals surface area contributed by atoms with E-state index in [2.05, 4.69) is 29.6 Å². The largest absolute Gasteiger partial charge is 0.496 e. The Labute approximate surface area is 181 Å². The molecule has 0 atom stereocenters. The lowest BCUT2D eigenvalue weighted by Gasteiger charge is -2.03. The van der Waals surface area contributed by atoms with Gasteiger partial charge < -0.3 is 4.74 Å². The van der Waals surface area contributed by atoms with Gasteiger partial charge in [0, 0.05) is 5.69 Å². The van der Waals surface area contributed by atoms with Crippen molar-refractivity contribution in [3.8, 4) is 22.3 Å². The molecule has 4 heterocycles. The first kappa shape index (κ1) is 18.0. The van der Waals surface area contributed by atoms with E-state index < -0.39 is 0 Å². The number of aromatic nitrogens is 6. The minimum Gasteiger partial charge on any atom is -0.496 e. The van der Waals surface area contributed by atoms with Crippen LogP contribution in [0.25, 0.3) is 43.4 Å². The summed E-state index contributed by atoms with van der Waals surface area (Å²) in [5.41, 5.74) is 5.65. The van der Waals surface area contributed by atoms with Crippen LogP contribution >= 0.6 is 11.3 Å². The summed E-state index contributed by atoms with van der Waals surface area (Å²) >= 11 is 1.66. The average molecular weight is 427 g/mol. The normalized spacial score (nSPS) is 11.7. The van der Waals surface area contributed by atoms with Crippen LogP contribution in [0.5, 0.6) is 5.75 Å². The van der Waals surface area contributed by atoms with E-state index >= 15 is 0 Å². The number of hydrogen-bond acceptors (Lipinski definition) is 6. The van der Waals surface area contributed by atoms with Crippen LogP contribution in [0, 0.1) is 13.8 Å². The Morgan fingerprint density at radius 1 is 0.935 bits per heavy atom. The number of aryl methyl sites for hydroxylation is 1. The molecule has 0 amide bonds. The minimum atomic E-state index is 0.608. The molecule has 0 unspecified atom stereocenters. The van der Waals surface area contributed by atoms with E-state index in [1.165, 1.54) is 0 Å². The second-order valence-corrected chi connectivity index (χ2v) is 8.37. The molecular formula is C23H18N6OS. The molecule has 0 saturated heterocycles. The van der Waals surface area contributed by atoms with E-state index in [0.29, 0.717) is 5.82 Å². The lowest BCUT2D eigenvalue weighted by molar-refractivity contribution is 0.416. The van der Waals surface area contributed by atoms with Gasteiger partial charge in [-0.3, -0.25) is 4.57 Å². The van der Waals surface area contributed by atoms with E-state index in [9.17, 15) is 0 Å². The number of hydrogen-bond donors (Lipinski definition) is 0. The van der Waals surface area contributed by atoms with Gasteiger partial charge in [0.2, 0.25) is 0 Å². The number of nitrogens with zero attached hydrogens (tertiary/aromatic N) is 6. The molecule has 0 saturated carbocycles. The molecule has 0 bridgehead atoms. The highest BCUT2D eigenvalue weighted by Crippen LogP contribution is 2.34. The van der Waals surface area contributed by atoms with Crippen LogP contribution in [-0.2, 0) is 0 Å². The monoisotopic (exact) mass is 426 g/mol. The molecular weight excluding hydrogens is 408 g/mol. The maximum atomic E-state index is 5.50. The standard InChI is InChI=1S/C23H18N6OS/c1-13-14(2)29(23-25-16-9-5-7-11-18(16)31-23)21-19(13)22-26-20(27-28(22)12-24-21)15-8-4-6-10-17(15)30-3/h4-12H,1-3H3. The van der Waals surface area contributed by atoms with Crippen LogP contribution in [0.1, 0.15) is 11.3 Å². The van der Waals surface area contributed by atoms with Crippen molar-refractivity contribution in [2.45, 2.75) is 13.8 Å². The number of methoxy groups -OCH3 is 1. The van der Waals surface area contributed by atoms with E-state index in [1.54, 1.807) is 29.3 Å². The molecule has 8 heteroatoms. The summed E-state index contributed by atoms with van der Waals surface area (Å²) in [6.07, 6.45) is 1.71. The number of benzene rings is 2. The quantitative estimate of drug-likeness (QED) is 0.400. The van der Waals surface area contributed by atoms with Crippen LogP contribution < -0.4 is 4.74 Å². The fourth-order valence-corrected chi connectivity index (χ4v) is 5.01. The smallest absolute Gasteiger partial charge is 0.196 e. The molecule has 0 fully saturated rings. The third kappa shape index (κ3) is 2.58. The van der Waals surface area contributed by atoms with Crippen molar-refractivity contribution in [2.24, 2.45) is 0 Å². The third-order valence-corrected chi connectivity index (χ3v) is 6.68. The second-order valence-electron chi connectivity index (χ2n) is 7.36. The van der Waals surface area contributed by atoms with E-state index in [1.807, 2.05) is 42.5 Å². The first-order valence-electron chi connectivity index (χ1n) is 9.88. The van der Waals surface area contributed by atoms with Gasteiger partial charge in [-0.1, -0.05) is 35.6 Å². The summed E-state index contributed by atoms with van der Waals surface area (Å²) in [6, 6.07) is 15.9. The first-order valence-corrected chi connectivity index (χ1v) is 10.7. The maximum Gasteiger partial charge on any atom is 0.196 e. The number of thiazole rings is 1. The molecule has 152 valence electrons. The minimum absolute atomic E-state index is 0.608. The Balaban J connectivity index is 1.62. The van der Waals surface area contributed by atoms with Gasteiger partial charge in [-0.25, -0.2) is 19.5 Å². The molecule has 0 N–H and O–H groups in total. The van der Waals surface area contributed by atoms with Crippen molar-refractivity contribution in [3.05, 3.63) is 66.1 Å². The summed E-state index contributed by atoms with van der Waals surface area (Å²) in [6.45, 7) is 4.19. The molecule has 6 rings (SSSR count). The van der Waals surface area contributed by atoms with Crippen molar-refractivity contribution < 1.29 is 4.74 Å². The fourth-order valence-electron chi connectivity index (χ4n) is 3.99. The summed E-state index contributed by atoms with van der Waals surface area (Å²) in [5.74, 6) is 1.35. The van der Waals surface area contributed by atoms with Gasteiger partial charge in [-0.05, 0) is 43.7 Å². The highest BCUT2D eigenvalue weighted by atomic mass is 32.1. The molecule has 7 nitrogen and oxygen atoms in total. The Morgan fingerprint density at radius 2 is 1.74 bits per heavy atom. The average Bonchev–Trinajstić information content (AvgIpc) is 3.48. The summed E-state index contributed by atoms with van der Waals surface area (Å²) in [5, 5.41) is 6.55. The number of fused-ring (bicyclic) bond motifs is 4. The van der Waals surface area contributed by atoms with Gasteiger partial charge in [-0.15, -0.1) is 5.10 Å². The van der Waals surface area contributed by atoms with Gasteiger partial charge >= 0.3 is 0 Å². The maximum absolute atomic E-state index is 5.50. The topological polar surface area (TPSA) is 70.1 Å². The summed E-state index contributed by atoms with van der Waals surface area (Å²) < 4.78 is 10.5. The van der Waals surface area contributed by atoms with Gasteiger partial charge in [0.1, 0.15) is 12.1 Å². The van der Waals surface area contributed by atoms with Gasteiger partial charge in [0.05, 0.1) is 28.3 Å². The molecule has 0 aliphatic heterocycles. The zero-order valence-electron chi connectivity index (χ0n) is 17.2. The molecule has 0 aliphatic carbocycles. The van der Waals surface area contributed by atoms with Crippen molar-refractivity contribution in [1.82, 2.24) is 29.1 Å². The molecule has 0 aliphatic rings. The van der Waals surface area contributed by atoms with Crippen molar-refractivity contribution in [2.75, 3.05) is 7.11 Å². The Kier molecular flexibility index (Phi) is 3.85. The molecule has 2 aromatic carbocycles.